The van der Waals surface area contributed by atoms with E-state index in [2.05, 4.69) is 5.32 Å². The van der Waals surface area contributed by atoms with Crippen LogP contribution in [-0.2, 0) is 29.1 Å². The van der Waals surface area contributed by atoms with E-state index in [0.29, 0.717) is 69.0 Å². The number of ether oxygens (including phenoxy) is 3. The van der Waals surface area contributed by atoms with Crippen LogP contribution in [0.2, 0.25) is 0 Å². The Labute approximate surface area is 193 Å². The summed E-state index contributed by atoms with van der Waals surface area (Å²) >= 11 is 0. The first-order chi connectivity index (χ1) is 15.7. The summed E-state index contributed by atoms with van der Waals surface area (Å²) in [6.07, 6.45) is 1.56. The largest absolute Gasteiger partial charge is 0.479 e. The van der Waals surface area contributed by atoms with Gasteiger partial charge in [0.1, 0.15) is 11.8 Å². The molecule has 3 fully saturated rings. The van der Waals surface area contributed by atoms with Crippen LogP contribution in [0.3, 0.4) is 0 Å². The van der Waals surface area contributed by atoms with E-state index in [1.165, 1.54) is 10.4 Å². The van der Waals surface area contributed by atoms with E-state index in [0.717, 1.165) is 0 Å². The first kappa shape index (κ1) is 22.6. The highest BCUT2D eigenvalue weighted by Crippen LogP contribution is 2.38. The molecule has 1 N–H and O–H groups in total. The number of anilines is 1. The van der Waals surface area contributed by atoms with Gasteiger partial charge in [0.15, 0.2) is 11.9 Å². The highest BCUT2D eigenvalue weighted by atomic mass is 32.2. The zero-order chi connectivity index (χ0) is 23.4. The molecule has 2 atom stereocenters. The number of nitrogens with zero attached hydrogens (tertiary/aromatic N) is 2. The second kappa shape index (κ2) is 8.23. The number of hydrogen-bond donors (Lipinski definition) is 1. The van der Waals surface area contributed by atoms with Gasteiger partial charge in [-0.05, 0) is 38.3 Å². The Morgan fingerprint density at radius 3 is 2.55 bits per heavy atom. The van der Waals surface area contributed by atoms with Crippen molar-refractivity contribution in [2.24, 2.45) is 0 Å². The van der Waals surface area contributed by atoms with Gasteiger partial charge in [-0.25, -0.2) is 8.42 Å². The van der Waals surface area contributed by atoms with Gasteiger partial charge >= 0.3 is 0 Å². The Morgan fingerprint density at radius 1 is 1.15 bits per heavy atom. The Bertz CT molecular complexity index is 1070. The van der Waals surface area contributed by atoms with E-state index in [-0.39, 0.29) is 23.3 Å². The quantitative estimate of drug-likeness (QED) is 0.694. The first-order valence-corrected chi connectivity index (χ1v) is 12.8. The fourth-order valence-electron chi connectivity index (χ4n) is 5.09. The fraction of sp³-hybridized carbons (Fsp3) is 0.636. The first-order valence-electron chi connectivity index (χ1n) is 11.4. The molecule has 4 aliphatic heterocycles. The normalized spacial score (nSPS) is 27.3. The molecule has 4 heterocycles. The third-order valence-electron chi connectivity index (χ3n) is 6.93. The van der Waals surface area contributed by atoms with Gasteiger partial charge in [-0.3, -0.25) is 9.59 Å². The highest BCUT2D eigenvalue weighted by Gasteiger charge is 2.45. The molecule has 11 heteroatoms. The van der Waals surface area contributed by atoms with Crippen molar-refractivity contribution in [2.75, 3.05) is 38.2 Å². The lowest BCUT2D eigenvalue weighted by atomic mass is 10.0. The van der Waals surface area contributed by atoms with Crippen LogP contribution in [0.5, 0.6) is 5.75 Å². The van der Waals surface area contributed by atoms with Crippen molar-refractivity contribution in [3.05, 3.63) is 17.7 Å². The Morgan fingerprint density at radius 2 is 1.85 bits per heavy atom. The number of fused-ring (bicyclic) bond motifs is 1. The number of amides is 2. The summed E-state index contributed by atoms with van der Waals surface area (Å²) in [5, 5.41) is 2.74. The number of rotatable bonds is 3. The molecule has 2 amide bonds. The smallest absolute Gasteiger partial charge is 0.265 e. The monoisotopic (exact) mass is 479 g/mol. The molecule has 33 heavy (non-hydrogen) atoms. The molecule has 0 aliphatic carbocycles. The lowest BCUT2D eigenvalue weighted by molar-refractivity contribution is -0.188. The van der Waals surface area contributed by atoms with Crippen molar-refractivity contribution in [1.82, 2.24) is 9.21 Å². The Hall–Kier alpha value is -2.21. The van der Waals surface area contributed by atoms with Gasteiger partial charge in [0, 0.05) is 38.5 Å². The minimum Gasteiger partial charge on any atom is -0.479 e. The van der Waals surface area contributed by atoms with E-state index in [4.69, 9.17) is 14.2 Å². The number of aryl methyl sites for hydroxylation is 1. The predicted octanol–water partition coefficient (Wildman–Crippen LogP) is 1.23. The number of likely N-dealkylation sites (tertiary alicyclic amines) is 1. The summed E-state index contributed by atoms with van der Waals surface area (Å²) in [6, 6.07) is 2.32. The summed E-state index contributed by atoms with van der Waals surface area (Å²) in [5.74, 6) is -0.729. The van der Waals surface area contributed by atoms with Crippen LogP contribution in [0.1, 0.15) is 38.2 Å². The molecule has 0 radical (unpaired) electrons. The van der Waals surface area contributed by atoms with Crippen LogP contribution < -0.4 is 10.1 Å². The second-order valence-electron chi connectivity index (χ2n) is 9.07. The third-order valence-corrected chi connectivity index (χ3v) is 8.98. The van der Waals surface area contributed by atoms with Gasteiger partial charge in [-0.2, -0.15) is 4.31 Å². The summed E-state index contributed by atoms with van der Waals surface area (Å²) in [4.78, 5) is 27.1. The molecule has 0 unspecified atom stereocenters. The van der Waals surface area contributed by atoms with Gasteiger partial charge in [0.25, 0.3) is 5.91 Å². The van der Waals surface area contributed by atoms with E-state index in [1.54, 1.807) is 24.8 Å². The maximum absolute atomic E-state index is 13.7. The van der Waals surface area contributed by atoms with Crippen molar-refractivity contribution in [3.8, 4) is 5.75 Å². The lowest BCUT2D eigenvalue weighted by Gasteiger charge is -2.39. The molecular formula is C22H29N3O7S. The molecule has 1 aromatic carbocycles. The summed E-state index contributed by atoms with van der Waals surface area (Å²) in [6.45, 7) is 5.65. The standard InChI is InChI=1S/C22H29N3O7S/c1-14-12-16-18(32-15(2)20(26)23-16)13-19(14)33(28,29)25-7-3-4-17(25)21(27)24-8-5-22(6-9-24)30-10-11-31-22/h12-13,15,17H,3-11H2,1-2H3,(H,23,26)/t15-,17+/m1/s1. The molecule has 3 saturated heterocycles. The van der Waals surface area contributed by atoms with Crippen molar-refractivity contribution < 1.29 is 32.2 Å². The molecule has 0 bridgehead atoms. The third kappa shape index (κ3) is 3.90. The lowest BCUT2D eigenvalue weighted by Crippen LogP contribution is -2.53. The van der Waals surface area contributed by atoms with Gasteiger partial charge in [-0.1, -0.05) is 0 Å². The number of carbonyl (C=O) groups excluding carboxylic acids is 2. The van der Waals surface area contributed by atoms with Crippen LogP contribution in [0.25, 0.3) is 0 Å². The molecule has 1 spiro atoms. The zero-order valence-corrected chi connectivity index (χ0v) is 19.7. The van der Waals surface area contributed by atoms with E-state index >= 15 is 0 Å². The average Bonchev–Trinajstić information content (AvgIpc) is 3.45. The van der Waals surface area contributed by atoms with Crippen molar-refractivity contribution in [3.63, 3.8) is 0 Å². The number of nitrogens with one attached hydrogen (secondary N) is 1. The molecular weight excluding hydrogens is 450 g/mol. The van der Waals surface area contributed by atoms with Gasteiger partial charge in [-0.15, -0.1) is 0 Å². The van der Waals surface area contributed by atoms with Crippen molar-refractivity contribution in [2.45, 2.75) is 62.4 Å². The van der Waals surface area contributed by atoms with E-state index in [1.807, 2.05) is 0 Å². The SMILES string of the molecule is Cc1cc2c(cc1S(=O)(=O)N1CCC[C@H]1C(=O)N1CCC3(CC1)OCCO3)O[C@H](C)C(=O)N2. The minimum absolute atomic E-state index is 0.0923. The predicted molar refractivity (Wildman–Crippen MR) is 117 cm³/mol. The van der Waals surface area contributed by atoms with Gasteiger partial charge in [0.2, 0.25) is 15.9 Å². The topological polar surface area (TPSA) is 114 Å². The zero-order valence-electron chi connectivity index (χ0n) is 18.8. The summed E-state index contributed by atoms with van der Waals surface area (Å²) in [7, 11) is -3.95. The van der Waals surface area contributed by atoms with Crippen molar-refractivity contribution in [1.29, 1.82) is 0 Å². The molecule has 0 aromatic heterocycles. The molecule has 4 aliphatic rings. The number of benzene rings is 1. The molecule has 180 valence electrons. The molecule has 0 saturated carbocycles. The summed E-state index contributed by atoms with van der Waals surface area (Å²) < 4.78 is 45.7. The average molecular weight is 480 g/mol. The minimum atomic E-state index is -3.95. The van der Waals surface area contributed by atoms with Crippen LogP contribution >= 0.6 is 0 Å². The maximum Gasteiger partial charge on any atom is 0.265 e. The van der Waals surface area contributed by atoms with Crippen LogP contribution in [0.4, 0.5) is 5.69 Å². The van der Waals surface area contributed by atoms with Crippen LogP contribution in [0, 0.1) is 6.92 Å². The highest BCUT2D eigenvalue weighted by molar-refractivity contribution is 7.89. The van der Waals surface area contributed by atoms with Crippen LogP contribution in [-0.4, -0.2) is 80.2 Å². The second-order valence-corrected chi connectivity index (χ2v) is 10.9. The van der Waals surface area contributed by atoms with Gasteiger partial charge in [0.05, 0.1) is 23.8 Å². The van der Waals surface area contributed by atoms with E-state index < -0.39 is 28.0 Å². The summed E-state index contributed by atoms with van der Waals surface area (Å²) in [5.41, 5.74) is 0.933. The molecule has 5 rings (SSSR count). The number of sulfonamides is 1. The number of piperidine rings is 1. The van der Waals surface area contributed by atoms with Gasteiger partial charge < -0.3 is 24.4 Å². The van der Waals surface area contributed by atoms with Crippen LogP contribution in [0.15, 0.2) is 17.0 Å². The number of hydrogen-bond acceptors (Lipinski definition) is 7. The Balaban J connectivity index is 1.36. The Kier molecular flexibility index (Phi) is 5.63. The van der Waals surface area contributed by atoms with Crippen molar-refractivity contribution >= 4 is 27.5 Å². The fourth-order valence-corrected chi connectivity index (χ4v) is 6.96. The van der Waals surface area contributed by atoms with E-state index in [9.17, 15) is 18.0 Å². The maximum atomic E-state index is 13.7. The number of carbonyl (C=O) groups is 2. The molecule has 1 aromatic rings. The molecule has 10 nitrogen and oxygen atoms in total.